The first kappa shape index (κ1) is 8.04. The average molecular weight is 152 g/mol. The highest BCUT2D eigenvalue weighted by molar-refractivity contribution is 5.42. The van der Waals surface area contributed by atoms with Crippen LogP contribution in [0, 0.1) is 5.21 Å². The van der Waals surface area contributed by atoms with Crippen molar-refractivity contribution in [2.75, 3.05) is 13.6 Å². The lowest BCUT2D eigenvalue weighted by Gasteiger charge is -2.18. The maximum Gasteiger partial charge on any atom is 0.126 e. The molecular weight excluding hydrogens is 142 g/mol. The van der Waals surface area contributed by atoms with Gasteiger partial charge in [-0.25, -0.2) is 0 Å². The van der Waals surface area contributed by atoms with Crippen LogP contribution in [0.1, 0.15) is 5.76 Å². The zero-order valence-corrected chi connectivity index (χ0v) is 6.36. The third kappa shape index (κ3) is 3.02. The maximum atomic E-state index is 10.4. The second-order valence-corrected chi connectivity index (χ2v) is 2.23. The van der Waals surface area contributed by atoms with Crippen molar-refractivity contribution in [1.82, 2.24) is 5.06 Å². The summed E-state index contributed by atoms with van der Waals surface area (Å²) >= 11 is 0. The Labute approximate surface area is 65.5 Å². The fourth-order valence-electron chi connectivity index (χ4n) is 0.703. The Morgan fingerprint density at radius 3 is 3.09 bits per heavy atom. The quantitative estimate of drug-likeness (QED) is 0.619. The molecule has 0 saturated carbocycles. The van der Waals surface area contributed by atoms with E-state index in [2.05, 4.69) is 0 Å². The molecular formula is C8H10NO2-. The molecule has 1 heterocycles. The number of hydrogen-bond donors (Lipinski definition) is 0. The largest absolute Gasteiger partial charge is 0.785 e. The van der Waals surface area contributed by atoms with E-state index in [4.69, 9.17) is 4.42 Å². The van der Waals surface area contributed by atoms with Crippen LogP contribution < -0.4 is 0 Å². The molecule has 0 aromatic carbocycles. The molecule has 0 saturated heterocycles. The van der Waals surface area contributed by atoms with Crippen LogP contribution in [0.4, 0.5) is 0 Å². The van der Waals surface area contributed by atoms with Crippen molar-refractivity contribution < 1.29 is 4.42 Å². The van der Waals surface area contributed by atoms with Gasteiger partial charge in [0, 0.05) is 6.54 Å². The van der Waals surface area contributed by atoms with Gasteiger partial charge in [-0.15, -0.1) is 0 Å². The van der Waals surface area contributed by atoms with Crippen LogP contribution in [0.2, 0.25) is 0 Å². The fourth-order valence-corrected chi connectivity index (χ4v) is 0.703. The van der Waals surface area contributed by atoms with Gasteiger partial charge in [0.1, 0.15) is 5.76 Å². The molecule has 3 nitrogen and oxygen atoms in total. The van der Waals surface area contributed by atoms with Gasteiger partial charge >= 0.3 is 0 Å². The van der Waals surface area contributed by atoms with Crippen molar-refractivity contribution in [3.8, 4) is 0 Å². The van der Waals surface area contributed by atoms with Gasteiger partial charge in [0.25, 0.3) is 0 Å². The van der Waals surface area contributed by atoms with Gasteiger partial charge in [-0.05, 0) is 25.3 Å². The van der Waals surface area contributed by atoms with Crippen LogP contribution in [0.15, 0.2) is 28.9 Å². The Morgan fingerprint density at radius 2 is 2.55 bits per heavy atom. The monoisotopic (exact) mass is 152 g/mol. The summed E-state index contributed by atoms with van der Waals surface area (Å²) in [6, 6.07) is 3.64. The lowest BCUT2D eigenvalue weighted by molar-refractivity contribution is 0.512. The van der Waals surface area contributed by atoms with E-state index in [1.54, 1.807) is 24.5 Å². The normalized spacial score (nSPS) is 11.5. The van der Waals surface area contributed by atoms with E-state index in [-0.39, 0.29) is 0 Å². The smallest absolute Gasteiger partial charge is 0.126 e. The predicted octanol–water partition coefficient (Wildman–Crippen LogP) is 1.72. The highest BCUT2D eigenvalue weighted by atomic mass is 16.5. The van der Waals surface area contributed by atoms with Gasteiger partial charge in [0.2, 0.25) is 0 Å². The third-order valence-corrected chi connectivity index (χ3v) is 1.19. The highest BCUT2D eigenvalue weighted by Crippen LogP contribution is 2.01. The topological polar surface area (TPSA) is 39.4 Å². The molecule has 60 valence electrons. The Bertz CT molecular complexity index is 214. The standard InChI is InChI=1S/C8H10NO2/c1-9(10)6-2-4-8-5-3-7-11-8/h2-5,7H,6H2,1H3/q-1/b4-2+. The summed E-state index contributed by atoms with van der Waals surface area (Å²) in [7, 11) is 1.48. The molecule has 0 unspecified atom stereocenters. The molecule has 0 bridgehead atoms. The number of hydroxylamine groups is 2. The Hall–Kier alpha value is -1.06. The summed E-state index contributed by atoms with van der Waals surface area (Å²) in [4.78, 5) is 0. The summed E-state index contributed by atoms with van der Waals surface area (Å²) in [5.41, 5.74) is 0. The third-order valence-electron chi connectivity index (χ3n) is 1.19. The zero-order chi connectivity index (χ0) is 8.10. The second-order valence-electron chi connectivity index (χ2n) is 2.23. The Balaban J connectivity index is 2.37. The zero-order valence-electron chi connectivity index (χ0n) is 6.36. The summed E-state index contributed by atoms with van der Waals surface area (Å²) in [5, 5.41) is 11.3. The second kappa shape index (κ2) is 3.95. The first-order valence-electron chi connectivity index (χ1n) is 3.37. The minimum atomic E-state index is 0.390. The fraction of sp³-hybridized carbons (Fsp3) is 0.250. The van der Waals surface area contributed by atoms with Crippen LogP contribution in [-0.4, -0.2) is 18.7 Å². The van der Waals surface area contributed by atoms with Gasteiger partial charge in [0.05, 0.1) is 6.26 Å². The molecule has 11 heavy (non-hydrogen) atoms. The van der Waals surface area contributed by atoms with E-state index < -0.39 is 0 Å². The van der Waals surface area contributed by atoms with E-state index in [0.29, 0.717) is 6.54 Å². The first-order valence-corrected chi connectivity index (χ1v) is 3.37. The molecule has 1 aromatic rings. The van der Waals surface area contributed by atoms with Gasteiger partial charge in [-0.1, -0.05) is 6.08 Å². The van der Waals surface area contributed by atoms with E-state index in [1.165, 1.54) is 7.05 Å². The molecule has 0 aliphatic rings. The minimum Gasteiger partial charge on any atom is -0.785 e. The molecule has 0 N–H and O–H groups in total. The summed E-state index contributed by atoms with van der Waals surface area (Å²) < 4.78 is 5.01. The molecule has 0 atom stereocenters. The summed E-state index contributed by atoms with van der Waals surface area (Å²) in [6.45, 7) is 0.390. The van der Waals surface area contributed by atoms with E-state index in [9.17, 15) is 5.21 Å². The maximum absolute atomic E-state index is 10.4. The van der Waals surface area contributed by atoms with Crippen LogP contribution >= 0.6 is 0 Å². The van der Waals surface area contributed by atoms with Crippen molar-refractivity contribution in [2.45, 2.75) is 0 Å². The van der Waals surface area contributed by atoms with Crippen molar-refractivity contribution >= 4 is 6.08 Å². The van der Waals surface area contributed by atoms with Crippen molar-refractivity contribution in [2.24, 2.45) is 0 Å². The Kier molecular flexibility index (Phi) is 2.89. The van der Waals surface area contributed by atoms with Gasteiger partial charge in [-0.2, -0.15) is 0 Å². The molecule has 0 aliphatic heterocycles. The minimum absolute atomic E-state index is 0.390. The van der Waals surface area contributed by atoms with Crippen LogP contribution in [0.5, 0.6) is 0 Å². The van der Waals surface area contributed by atoms with Crippen LogP contribution in [0.3, 0.4) is 0 Å². The summed E-state index contributed by atoms with van der Waals surface area (Å²) in [5.74, 6) is 0.770. The number of hydrogen-bond acceptors (Lipinski definition) is 3. The number of rotatable bonds is 3. The number of likely N-dealkylation sites (N-methyl/N-ethyl adjacent to an activating group) is 1. The molecule has 3 heteroatoms. The number of nitrogens with zero attached hydrogens (tertiary/aromatic N) is 1. The molecule has 0 spiro atoms. The first-order chi connectivity index (χ1) is 5.29. The van der Waals surface area contributed by atoms with Crippen molar-refractivity contribution in [3.05, 3.63) is 35.4 Å². The molecule has 0 radical (unpaired) electrons. The lowest BCUT2D eigenvalue weighted by atomic mass is 10.4. The molecule has 1 aromatic heterocycles. The SMILES string of the molecule is CN([O-])C/C=C/c1ccco1. The predicted molar refractivity (Wildman–Crippen MR) is 43.7 cm³/mol. The molecule has 0 aliphatic carbocycles. The van der Waals surface area contributed by atoms with Gasteiger partial charge in [-0.3, -0.25) is 0 Å². The van der Waals surface area contributed by atoms with E-state index >= 15 is 0 Å². The van der Waals surface area contributed by atoms with Crippen LogP contribution in [-0.2, 0) is 0 Å². The van der Waals surface area contributed by atoms with Gasteiger partial charge in [0.15, 0.2) is 0 Å². The number of furan rings is 1. The van der Waals surface area contributed by atoms with Gasteiger partial charge < -0.3 is 14.7 Å². The molecule has 1 rings (SSSR count). The highest BCUT2D eigenvalue weighted by Gasteiger charge is 1.84. The van der Waals surface area contributed by atoms with Crippen molar-refractivity contribution in [1.29, 1.82) is 0 Å². The molecule has 0 amide bonds. The lowest BCUT2D eigenvalue weighted by Crippen LogP contribution is -2.07. The Morgan fingerprint density at radius 1 is 1.73 bits per heavy atom. The van der Waals surface area contributed by atoms with E-state index in [0.717, 1.165) is 10.8 Å². The van der Waals surface area contributed by atoms with E-state index in [1.807, 2.05) is 6.07 Å². The van der Waals surface area contributed by atoms with Crippen LogP contribution in [0.25, 0.3) is 6.08 Å². The molecule has 0 fully saturated rings. The average Bonchev–Trinajstić information content (AvgIpc) is 2.39. The summed E-state index contributed by atoms with van der Waals surface area (Å²) in [6.07, 6.45) is 5.13. The van der Waals surface area contributed by atoms with Crippen molar-refractivity contribution in [3.63, 3.8) is 0 Å².